The lowest BCUT2D eigenvalue weighted by atomic mass is 10.1. The van der Waals surface area contributed by atoms with Gasteiger partial charge in [-0.25, -0.2) is 0 Å². The quantitative estimate of drug-likeness (QED) is 0.294. The average molecular weight is 485 g/mol. The summed E-state index contributed by atoms with van der Waals surface area (Å²) in [4.78, 5) is 4.42. The van der Waals surface area contributed by atoms with E-state index < -0.39 is 0 Å². The third-order valence-electron chi connectivity index (χ3n) is 4.55. The molecule has 0 fully saturated rings. The van der Waals surface area contributed by atoms with Gasteiger partial charge in [0.25, 0.3) is 0 Å². The number of halogens is 1. The Kier molecular flexibility index (Phi) is 7.76. The van der Waals surface area contributed by atoms with Crippen molar-refractivity contribution in [3.8, 4) is 11.5 Å². The van der Waals surface area contributed by atoms with Gasteiger partial charge in [0.2, 0.25) is 0 Å². The predicted molar refractivity (Wildman–Crippen MR) is 119 cm³/mol. The molecule has 3 rings (SSSR count). The Bertz CT molecular complexity index is 804. The summed E-state index contributed by atoms with van der Waals surface area (Å²) in [5.74, 6) is 1.91. The maximum absolute atomic E-state index is 6.01. The van der Waals surface area contributed by atoms with Crippen LogP contribution >= 0.6 is 24.0 Å². The van der Waals surface area contributed by atoms with Crippen molar-refractivity contribution < 1.29 is 9.47 Å². The van der Waals surface area contributed by atoms with E-state index in [1.165, 1.54) is 11.3 Å². The maximum atomic E-state index is 6.01. The van der Waals surface area contributed by atoms with Crippen molar-refractivity contribution in [3.63, 3.8) is 0 Å². The molecule has 148 valence electrons. The molecule has 0 saturated carbocycles. The van der Waals surface area contributed by atoms with Gasteiger partial charge >= 0.3 is 0 Å². The van der Waals surface area contributed by atoms with Crippen LogP contribution in [0.1, 0.15) is 29.8 Å². The molecule has 0 aliphatic carbocycles. The van der Waals surface area contributed by atoms with Crippen LogP contribution in [0.15, 0.2) is 23.2 Å². The van der Waals surface area contributed by atoms with E-state index in [0.29, 0.717) is 25.7 Å². The molecular weight excluding hydrogens is 457 g/mol. The Morgan fingerprint density at radius 1 is 1.26 bits per heavy atom. The largest absolute Gasteiger partial charge is 0.490 e. The molecule has 1 aliphatic heterocycles. The minimum absolute atomic E-state index is 0. The maximum Gasteiger partial charge on any atom is 0.193 e. The van der Waals surface area contributed by atoms with Crippen LogP contribution in [0.5, 0.6) is 11.5 Å². The van der Waals surface area contributed by atoms with Crippen molar-refractivity contribution in [3.05, 3.63) is 35.2 Å². The SMILES string of the molecule is Cc1nn(C)c(C)c1CCCN=C(N)Nc1ccc2c(c1)OCCCO2.I. The topological polar surface area (TPSA) is 86.7 Å². The number of aliphatic imine (C=N–C) groups is 1. The molecule has 0 radical (unpaired) electrons. The zero-order valence-electron chi connectivity index (χ0n) is 16.1. The van der Waals surface area contributed by atoms with E-state index in [4.69, 9.17) is 15.2 Å². The first-order valence-corrected chi connectivity index (χ1v) is 9.00. The fraction of sp³-hybridized carbons (Fsp3) is 0.474. The van der Waals surface area contributed by atoms with Crippen LogP contribution in [0, 0.1) is 13.8 Å². The van der Waals surface area contributed by atoms with Crippen molar-refractivity contribution in [2.45, 2.75) is 33.1 Å². The molecule has 0 saturated heterocycles. The monoisotopic (exact) mass is 485 g/mol. The number of hydrogen-bond donors (Lipinski definition) is 2. The van der Waals surface area contributed by atoms with Crippen LogP contribution in [0.2, 0.25) is 0 Å². The van der Waals surface area contributed by atoms with Gasteiger partial charge in [0.15, 0.2) is 17.5 Å². The third-order valence-corrected chi connectivity index (χ3v) is 4.55. The Labute approximate surface area is 177 Å². The van der Waals surface area contributed by atoms with Gasteiger partial charge in [-0.15, -0.1) is 24.0 Å². The summed E-state index contributed by atoms with van der Waals surface area (Å²) in [7, 11) is 1.97. The minimum Gasteiger partial charge on any atom is -0.490 e. The van der Waals surface area contributed by atoms with Crippen LogP contribution in [0.25, 0.3) is 0 Å². The van der Waals surface area contributed by atoms with Gasteiger partial charge in [0.05, 0.1) is 18.9 Å². The summed E-state index contributed by atoms with van der Waals surface area (Å²) < 4.78 is 13.2. The fourth-order valence-corrected chi connectivity index (χ4v) is 3.06. The Morgan fingerprint density at radius 2 is 2.00 bits per heavy atom. The lowest BCUT2D eigenvalue weighted by Gasteiger charge is -2.10. The second-order valence-electron chi connectivity index (χ2n) is 6.48. The smallest absolute Gasteiger partial charge is 0.193 e. The molecule has 7 nitrogen and oxygen atoms in total. The molecule has 2 heterocycles. The Morgan fingerprint density at radius 3 is 2.70 bits per heavy atom. The number of guanidine groups is 1. The first-order valence-electron chi connectivity index (χ1n) is 9.00. The highest BCUT2D eigenvalue weighted by Crippen LogP contribution is 2.32. The number of aromatic nitrogens is 2. The van der Waals surface area contributed by atoms with Gasteiger partial charge in [-0.3, -0.25) is 9.67 Å². The molecule has 0 amide bonds. The second-order valence-corrected chi connectivity index (χ2v) is 6.48. The molecule has 27 heavy (non-hydrogen) atoms. The highest BCUT2D eigenvalue weighted by atomic mass is 127. The van der Waals surface area contributed by atoms with Crippen LogP contribution in [-0.2, 0) is 13.5 Å². The fourth-order valence-electron chi connectivity index (χ4n) is 3.06. The summed E-state index contributed by atoms with van der Waals surface area (Å²) in [5, 5.41) is 7.56. The Hall–Kier alpha value is -1.97. The first-order chi connectivity index (χ1) is 12.5. The molecule has 1 aromatic carbocycles. The van der Waals surface area contributed by atoms with E-state index in [-0.39, 0.29) is 24.0 Å². The molecular formula is C19H28IN5O2. The van der Waals surface area contributed by atoms with Crippen molar-refractivity contribution >= 4 is 35.6 Å². The molecule has 0 bridgehead atoms. The van der Waals surface area contributed by atoms with Gasteiger partial charge in [0.1, 0.15) is 0 Å². The van der Waals surface area contributed by atoms with Crippen LogP contribution in [0.4, 0.5) is 5.69 Å². The third kappa shape index (κ3) is 5.50. The summed E-state index contributed by atoms with van der Waals surface area (Å²) in [6, 6.07) is 5.70. The number of nitrogens with two attached hydrogens (primary N) is 1. The summed E-state index contributed by atoms with van der Waals surface area (Å²) in [6.45, 7) is 6.15. The van der Waals surface area contributed by atoms with Gasteiger partial charge in [0, 0.05) is 37.5 Å². The molecule has 0 atom stereocenters. The molecule has 8 heteroatoms. The molecule has 0 spiro atoms. The van der Waals surface area contributed by atoms with Crippen molar-refractivity contribution in [1.82, 2.24) is 9.78 Å². The number of rotatable bonds is 5. The van der Waals surface area contributed by atoms with E-state index in [1.54, 1.807) is 0 Å². The van der Waals surface area contributed by atoms with E-state index in [0.717, 1.165) is 42.1 Å². The Balaban J connectivity index is 0.00000261. The summed E-state index contributed by atoms with van der Waals surface area (Å²) >= 11 is 0. The molecule has 1 aromatic heterocycles. The highest BCUT2D eigenvalue weighted by Gasteiger charge is 2.11. The van der Waals surface area contributed by atoms with Gasteiger partial charge in [-0.05, 0) is 44.4 Å². The normalized spacial score (nSPS) is 13.7. The lowest BCUT2D eigenvalue weighted by Crippen LogP contribution is -2.23. The van der Waals surface area contributed by atoms with E-state index >= 15 is 0 Å². The van der Waals surface area contributed by atoms with E-state index in [2.05, 4.69) is 22.3 Å². The number of fused-ring (bicyclic) bond motifs is 1. The number of ether oxygens (including phenoxy) is 2. The van der Waals surface area contributed by atoms with Crippen molar-refractivity contribution in [1.29, 1.82) is 0 Å². The number of nitrogens with one attached hydrogen (secondary N) is 1. The van der Waals surface area contributed by atoms with Crippen LogP contribution in [0.3, 0.4) is 0 Å². The van der Waals surface area contributed by atoms with Crippen LogP contribution in [-0.4, -0.2) is 35.5 Å². The van der Waals surface area contributed by atoms with E-state index in [1.807, 2.05) is 36.9 Å². The number of benzene rings is 1. The standard InChI is InChI=1S/C19H27N5O2.HI/c1-13-16(14(2)24(3)23-13)6-4-9-21-19(20)22-15-7-8-17-18(12-15)26-11-5-10-25-17;/h7-8,12H,4-6,9-11H2,1-3H3,(H3,20,21,22);1H. The summed E-state index contributed by atoms with van der Waals surface area (Å²) in [6.07, 6.45) is 2.76. The van der Waals surface area contributed by atoms with Crippen LogP contribution < -0.4 is 20.5 Å². The van der Waals surface area contributed by atoms with Gasteiger partial charge in [-0.2, -0.15) is 5.10 Å². The lowest BCUT2D eigenvalue weighted by molar-refractivity contribution is 0.297. The average Bonchev–Trinajstić information content (AvgIpc) is 2.79. The summed E-state index contributed by atoms with van der Waals surface area (Å²) in [5.41, 5.74) is 10.5. The number of aryl methyl sites for hydroxylation is 2. The van der Waals surface area contributed by atoms with Gasteiger partial charge < -0.3 is 20.5 Å². The first kappa shape index (κ1) is 21.3. The van der Waals surface area contributed by atoms with Crippen molar-refractivity contribution in [2.24, 2.45) is 17.8 Å². The predicted octanol–water partition coefficient (Wildman–Crippen LogP) is 3.18. The molecule has 3 N–H and O–H groups in total. The highest BCUT2D eigenvalue weighted by molar-refractivity contribution is 14.0. The zero-order valence-corrected chi connectivity index (χ0v) is 18.4. The zero-order chi connectivity index (χ0) is 18.5. The number of anilines is 1. The molecule has 1 aliphatic rings. The van der Waals surface area contributed by atoms with Gasteiger partial charge in [-0.1, -0.05) is 0 Å². The molecule has 2 aromatic rings. The van der Waals surface area contributed by atoms with E-state index in [9.17, 15) is 0 Å². The number of hydrogen-bond acceptors (Lipinski definition) is 4. The van der Waals surface area contributed by atoms with Crippen molar-refractivity contribution in [2.75, 3.05) is 25.1 Å². The molecule has 0 unspecified atom stereocenters. The minimum atomic E-state index is 0. The number of nitrogens with zero attached hydrogens (tertiary/aromatic N) is 3. The second kappa shape index (κ2) is 9.82.